The molecule has 3 heterocycles. The Hall–Kier alpha value is -1.08. The first-order valence-electron chi connectivity index (χ1n) is 7.36. The van der Waals surface area contributed by atoms with Crippen molar-refractivity contribution in [2.24, 2.45) is 0 Å². The fourth-order valence-electron chi connectivity index (χ4n) is 3.69. The molecule has 0 saturated carbocycles. The maximum Gasteiger partial charge on any atom is 0.625 e. The normalized spacial score (nSPS) is 38.8. The zero-order chi connectivity index (χ0) is 13.6. The Kier molecular flexibility index (Phi) is 2.82. The van der Waals surface area contributed by atoms with E-state index >= 15 is 0 Å². The third-order valence-corrected chi connectivity index (χ3v) is 4.79. The quantitative estimate of drug-likeness (QED) is 0.775. The van der Waals surface area contributed by atoms with Gasteiger partial charge in [-0.05, 0) is 19.1 Å². The van der Waals surface area contributed by atoms with Crippen LogP contribution in [0.25, 0.3) is 0 Å². The molecule has 3 saturated heterocycles. The number of benzene rings is 1. The molecule has 0 aromatic heterocycles. The van der Waals surface area contributed by atoms with E-state index in [9.17, 15) is 0 Å². The van der Waals surface area contributed by atoms with Crippen LogP contribution in [-0.2, 0) is 14.0 Å². The number of quaternary nitrogens is 1. The van der Waals surface area contributed by atoms with E-state index in [1.165, 1.54) is 5.56 Å². The van der Waals surface area contributed by atoms with E-state index in [4.69, 9.17) is 18.7 Å². The fraction of sp³-hybridized carbons (Fsp3) is 0.571. The van der Waals surface area contributed by atoms with Gasteiger partial charge in [0, 0.05) is 0 Å². The standard InChI is InChI=1S/C14H20BNO4/c1-12-2-4-13(5-3-12)17-11-14-10-16-6-8-18-15(16,20-14)19-9-7-16/h2-5,14H,6-11H2,1H3/t14-,15?,16?/m0/s1. The van der Waals surface area contributed by atoms with Gasteiger partial charge < -0.3 is 23.1 Å². The van der Waals surface area contributed by atoms with Crippen molar-refractivity contribution in [1.82, 2.24) is 0 Å². The molecule has 5 nitrogen and oxygen atoms in total. The minimum atomic E-state index is -1.55. The molecule has 0 bridgehead atoms. The molecule has 1 atom stereocenters. The van der Waals surface area contributed by atoms with Crippen LogP contribution in [0, 0.1) is 6.92 Å². The molecule has 0 aliphatic carbocycles. The summed E-state index contributed by atoms with van der Waals surface area (Å²) in [6.07, 6.45) is 0.0527. The van der Waals surface area contributed by atoms with Crippen LogP contribution in [0.2, 0.25) is 0 Å². The van der Waals surface area contributed by atoms with E-state index in [1.54, 1.807) is 0 Å². The van der Waals surface area contributed by atoms with E-state index in [0.29, 0.717) is 6.61 Å². The lowest BCUT2D eigenvalue weighted by Gasteiger charge is -2.37. The van der Waals surface area contributed by atoms with Gasteiger partial charge >= 0.3 is 6.89 Å². The number of rotatable bonds is 3. The van der Waals surface area contributed by atoms with Gasteiger partial charge in [-0.1, -0.05) is 17.7 Å². The van der Waals surface area contributed by atoms with E-state index in [-0.39, 0.29) is 6.10 Å². The van der Waals surface area contributed by atoms with E-state index in [0.717, 1.165) is 43.0 Å². The molecule has 108 valence electrons. The highest BCUT2D eigenvalue weighted by Gasteiger charge is 2.66. The summed E-state index contributed by atoms with van der Waals surface area (Å²) < 4.78 is 24.4. The van der Waals surface area contributed by atoms with Crippen LogP contribution in [0.15, 0.2) is 24.3 Å². The van der Waals surface area contributed by atoms with E-state index in [2.05, 4.69) is 19.1 Å². The first-order chi connectivity index (χ1) is 9.71. The molecule has 20 heavy (non-hydrogen) atoms. The van der Waals surface area contributed by atoms with Crippen LogP contribution >= 0.6 is 0 Å². The Labute approximate surface area is 119 Å². The Balaban J connectivity index is 1.41. The lowest BCUT2D eigenvalue weighted by Crippen LogP contribution is -2.59. The number of nitrogens with zero attached hydrogens (tertiary/aromatic N) is 1. The second-order valence-electron chi connectivity index (χ2n) is 6.08. The second-order valence-corrected chi connectivity index (χ2v) is 6.08. The summed E-state index contributed by atoms with van der Waals surface area (Å²) in [4.78, 5) is 0. The SMILES string of the molecule is Cc1ccc(OC[C@@H]2C[N+]34CCO[B-]3(OCC4)O2)cc1. The first kappa shape index (κ1) is 12.6. The monoisotopic (exact) mass is 277 g/mol. The molecule has 6 heteroatoms. The van der Waals surface area contributed by atoms with Gasteiger partial charge in [0.2, 0.25) is 0 Å². The summed E-state index contributed by atoms with van der Waals surface area (Å²) in [7, 11) is 0. The molecule has 1 aromatic rings. The van der Waals surface area contributed by atoms with Gasteiger partial charge in [-0.2, -0.15) is 0 Å². The molecule has 3 fully saturated rings. The van der Waals surface area contributed by atoms with Gasteiger partial charge in [0.05, 0.1) is 32.8 Å². The zero-order valence-electron chi connectivity index (χ0n) is 11.8. The lowest BCUT2D eigenvalue weighted by atomic mass is 9.94. The van der Waals surface area contributed by atoms with E-state index < -0.39 is 6.89 Å². The maximum atomic E-state index is 6.10. The number of ether oxygens (including phenoxy) is 1. The van der Waals surface area contributed by atoms with Crippen molar-refractivity contribution in [3.05, 3.63) is 29.8 Å². The minimum Gasteiger partial charge on any atom is -0.491 e. The Morgan fingerprint density at radius 2 is 1.90 bits per heavy atom. The Bertz CT molecular complexity index is 476. The molecule has 0 radical (unpaired) electrons. The summed E-state index contributed by atoms with van der Waals surface area (Å²) in [6.45, 7) is 5.49. The van der Waals surface area contributed by atoms with Crippen molar-refractivity contribution in [2.75, 3.05) is 39.5 Å². The van der Waals surface area contributed by atoms with Crippen molar-refractivity contribution in [1.29, 1.82) is 0 Å². The highest BCUT2D eigenvalue weighted by Crippen LogP contribution is 2.41. The summed E-state index contributed by atoms with van der Waals surface area (Å²) >= 11 is 0. The minimum absolute atomic E-state index is 0.0527. The zero-order valence-corrected chi connectivity index (χ0v) is 11.8. The van der Waals surface area contributed by atoms with E-state index in [1.807, 2.05) is 12.1 Å². The van der Waals surface area contributed by atoms with Crippen LogP contribution < -0.4 is 4.74 Å². The highest BCUT2D eigenvalue weighted by atomic mass is 16.8. The Morgan fingerprint density at radius 1 is 1.20 bits per heavy atom. The summed E-state index contributed by atoms with van der Waals surface area (Å²) in [5, 5.41) is 0. The summed E-state index contributed by atoms with van der Waals surface area (Å²) in [5.41, 5.74) is 1.23. The molecule has 0 spiro atoms. The average Bonchev–Trinajstić information content (AvgIpc) is 2.99. The van der Waals surface area contributed by atoms with Gasteiger partial charge in [-0.3, -0.25) is 0 Å². The number of hydrogen-bond donors (Lipinski definition) is 0. The molecular formula is C14H20BNO4. The van der Waals surface area contributed by atoms with Crippen LogP contribution in [0.3, 0.4) is 0 Å². The van der Waals surface area contributed by atoms with Crippen LogP contribution in [0.4, 0.5) is 0 Å². The predicted molar refractivity (Wildman–Crippen MR) is 74.1 cm³/mol. The average molecular weight is 277 g/mol. The molecule has 0 unspecified atom stereocenters. The molecule has 4 rings (SSSR count). The third kappa shape index (κ3) is 1.79. The molecule has 1 aromatic carbocycles. The smallest absolute Gasteiger partial charge is 0.491 e. The van der Waals surface area contributed by atoms with Crippen LogP contribution in [0.5, 0.6) is 5.75 Å². The second kappa shape index (κ2) is 4.46. The van der Waals surface area contributed by atoms with Gasteiger partial charge in [-0.25, -0.2) is 0 Å². The fourth-order valence-corrected chi connectivity index (χ4v) is 3.69. The third-order valence-electron chi connectivity index (χ3n) is 4.79. The van der Waals surface area contributed by atoms with Crippen molar-refractivity contribution >= 4 is 6.89 Å². The topological polar surface area (TPSA) is 36.9 Å². The van der Waals surface area contributed by atoms with Gasteiger partial charge in [0.15, 0.2) is 0 Å². The maximum absolute atomic E-state index is 6.10. The van der Waals surface area contributed by atoms with Crippen molar-refractivity contribution in [2.45, 2.75) is 13.0 Å². The van der Waals surface area contributed by atoms with Crippen molar-refractivity contribution in [3.8, 4) is 5.75 Å². The van der Waals surface area contributed by atoms with Crippen molar-refractivity contribution < 1.29 is 23.1 Å². The van der Waals surface area contributed by atoms with Crippen LogP contribution in [-0.4, -0.2) is 56.8 Å². The molecule has 3 aliphatic heterocycles. The van der Waals surface area contributed by atoms with Crippen LogP contribution in [0.1, 0.15) is 5.56 Å². The van der Waals surface area contributed by atoms with Crippen molar-refractivity contribution in [3.63, 3.8) is 0 Å². The Morgan fingerprint density at radius 3 is 2.55 bits per heavy atom. The predicted octanol–water partition coefficient (Wildman–Crippen LogP) is 1.09. The van der Waals surface area contributed by atoms with Gasteiger partial charge in [0.1, 0.15) is 18.5 Å². The molecular weight excluding hydrogens is 257 g/mol. The molecule has 3 aliphatic rings. The first-order valence-corrected chi connectivity index (χ1v) is 7.36. The largest absolute Gasteiger partial charge is 0.625 e. The number of aryl methyl sites for hydroxylation is 1. The summed E-state index contributed by atoms with van der Waals surface area (Å²) in [5.74, 6) is 0.887. The van der Waals surface area contributed by atoms with Gasteiger partial charge in [0.25, 0.3) is 0 Å². The molecule has 0 amide bonds. The summed E-state index contributed by atoms with van der Waals surface area (Å²) in [6, 6.07) is 8.10. The lowest BCUT2D eigenvalue weighted by molar-refractivity contribution is -0.816. The van der Waals surface area contributed by atoms with Gasteiger partial charge in [-0.15, -0.1) is 0 Å². The molecule has 0 N–H and O–H groups in total. The number of hydrogen-bond acceptors (Lipinski definition) is 4. The highest BCUT2D eigenvalue weighted by molar-refractivity contribution is 6.54.